The standard InChI is InChI=1S/C19H23N5O3/c1-26-10-8-17-20-19(27-23-17)13-5-4-9-24(12-13)18(25)11-16-14-6-2-3-7-15(14)21-22-16/h2-3,6-7,13H,4-5,8-12H2,1H3,(H,21,22)/t13-/m1/s1. The van der Waals surface area contributed by atoms with Gasteiger partial charge in [0.15, 0.2) is 5.82 Å². The Morgan fingerprint density at radius 3 is 3.19 bits per heavy atom. The third-order valence-corrected chi connectivity index (χ3v) is 5.01. The van der Waals surface area contributed by atoms with Crippen LogP contribution in [-0.4, -0.2) is 58.0 Å². The Morgan fingerprint density at radius 1 is 1.41 bits per heavy atom. The molecule has 1 aliphatic heterocycles. The van der Waals surface area contributed by atoms with Crippen LogP contribution in [0.15, 0.2) is 28.8 Å². The average molecular weight is 369 g/mol. The van der Waals surface area contributed by atoms with Crippen LogP contribution < -0.4 is 0 Å². The van der Waals surface area contributed by atoms with E-state index in [2.05, 4.69) is 20.3 Å². The minimum atomic E-state index is 0.0880. The molecular formula is C19H23N5O3. The van der Waals surface area contributed by atoms with E-state index in [4.69, 9.17) is 9.26 Å². The highest BCUT2D eigenvalue weighted by Gasteiger charge is 2.29. The number of likely N-dealkylation sites (tertiary alicyclic amines) is 1. The first-order valence-electron chi connectivity index (χ1n) is 9.26. The van der Waals surface area contributed by atoms with Crippen LogP contribution >= 0.6 is 0 Å². The fraction of sp³-hybridized carbons (Fsp3) is 0.474. The van der Waals surface area contributed by atoms with E-state index >= 15 is 0 Å². The largest absolute Gasteiger partial charge is 0.384 e. The maximum Gasteiger partial charge on any atom is 0.231 e. The summed E-state index contributed by atoms with van der Waals surface area (Å²) in [6.07, 6.45) is 2.82. The topological polar surface area (TPSA) is 97.1 Å². The molecule has 1 amide bonds. The van der Waals surface area contributed by atoms with Crippen molar-refractivity contribution in [2.24, 2.45) is 0 Å². The summed E-state index contributed by atoms with van der Waals surface area (Å²) in [4.78, 5) is 19.2. The van der Waals surface area contributed by atoms with E-state index in [1.54, 1.807) is 7.11 Å². The zero-order chi connectivity index (χ0) is 18.6. The molecule has 1 N–H and O–H groups in total. The van der Waals surface area contributed by atoms with Gasteiger partial charge >= 0.3 is 0 Å². The number of hydrogen-bond donors (Lipinski definition) is 1. The molecule has 0 aliphatic carbocycles. The number of aromatic amines is 1. The van der Waals surface area contributed by atoms with Crippen LogP contribution in [0.2, 0.25) is 0 Å². The van der Waals surface area contributed by atoms with Gasteiger partial charge in [-0.2, -0.15) is 10.1 Å². The number of carbonyl (C=O) groups excluding carboxylic acids is 1. The van der Waals surface area contributed by atoms with Crippen molar-refractivity contribution in [2.75, 3.05) is 26.8 Å². The molecule has 0 spiro atoms. The van der Waals surface area contributed by atoms with Crippen LogP contribution in [0.3, 0.4) is 0 Å². The lowest BCUT2D eigenvalue weighted by Crippen LogP contribution is -2.40. The number of ether oxygens (including phenoxy) is 1. The maximum absolute atomic E-state index is 12.8. The van der Waals surface area contributed by atoms with Crippen molar-refractivity contribution < 1.29 is 14.1 Å². The van der Waals surface area contributed by atoms with E-state index in [0.29, 0.717) is 37.7 Å². The monoisotopic (exact) mass is 369 g/mol. The number of hydrogen-bond acceptors (Lipinski definition) is 6. The molecule has 8 nitrogen and oxygen atoms in total. The number of H-pyrrole nitrogens is 1. The first-order chi connectivity index (χ1) is 13.2. The molecule has 0 bridgehead atoms. The number of nitrogens with one attached hydrogen (secondary N) is 1. The first-order valence-corrected chi connectivity index (χ1v) is 9.26. The van der Waals surface area contributed by atoms with Gasteiger partial charge in [-0.25, -0.2) is 0 Å². The third kappa shape index (κ3) is 3.85. The smallest absolute Gasteiger partial charge is 0.231 e. The lowest BCUT2D eigenvalue weighted by atomic mass is 9.97. The van der Waals surface area contributed by atoms with Crippen LogP contribution in [0, 0.1) is 0 Å². The van der Waals surface area contributed by atoms with Crippen molar-refractivity contribution in [1.82, 2.24) is 25.2 Å². The second kappa shape index (κ2) is 7.87. The summed E-state index contributed by atoms with van der Waals surface area (Å²) in [5.74, 6) is 1.45. The quantitative estimate of drug-likeness (QED) is 0.714. The molecule has 1 saturated heterocycles. The van der Waals surface area contributed by atoms with Crippen molar-refractivity contribution >= 4 is 16.8 Å². The van der Waals surface area contributed by atoms with Crippen molar-refractivity contribution in [2.45, 2.75) is 31.6 Å². The number of nitrogens with zero attached hydrogens (tertiary/aromatic N) is 4. The molecule has 1 fully saturated rings. The summed E-state index contributed by atoms with van der Waals surface area (Å²) in [6.45, 7) is 1.93. The SMILES string of the molecule is COCCc1noc([C@@H]2CCCN(C(=O)Cc3[nH]nc4ccccc34)C2)n1. The van der Waals surface area contributed by atoms with Crippen LogP contribution in [0.25, 0.3) is 10.9 Å². The average Bonchev–Trinajstić information content (AvgIpc) is 3.34. The van der Waals surface area contributed by atoms with Crippen molar-refractivity contribution in [3.63, 3.8) is 0 Å². The number of piperidine rings is 1. The highest BCUT2D eigenvalue weighted by molar-refractivity contribution is 5.87. The van der Waals surface area contributed by atoms with Gasteiger partial charge in [-0.3, -0.25) is 9.89 Å². The number of aromatic nitrogens is 4. The Labute approximate surface area is 156 Å². The number of methoxy groups -OCH3 is 1. The summed E-state index contributed by atoms with van der Waals surface area (Å²) >= 11 is 0. The van der Waals surface area contributed by atoms with Gasteiger partial charge in [-0.1, -0.05) is 23.4 Å². The normalized spacial score (nSPS) is 17.5. The molecule has 27 heavy (non-hydrogen) atoms. The van der Waals surface area contributed by atoms with Gasteiger partial charge < -0.3 is 14.2 Å². The number of rotatable bonds is 6. The van der Waals surface area contributed by atoms with Gasteiger partial charge in [0, 0.05) is 32.0 Å². The Balaban J connectivity index is 1.41. The lowest BCUT2D eigenvalue weighted by Gasteiger charge is -2.31. The third-order valence-electron chi connectivity index (χ3n) is 5.01. The highest BCUT2D eigenvalue weighted by atomic mass is 16.5. The molecule has 0 radical (unpaired) electrons. The molecule has 1 aromatic carbocycles. The number of para-hydroxylation sites is 1. The molecule has 0 saturated carbocycles. The van der Waals surface area contributed by atoms with Gasteiger partial charge in [0.1, 0.15) is 0 Å². The van der Waals surface area contributed by atoms with Gasteiger partial charge in [0.2, 0.25) is 11.8 Å². The summed E-state index contributed by atoms with van der Waals surface area (Å²) < 4.78 is 10.5. The summed E-state index contributed by atoms with van der Waals surface area (Å²) in [5.41, 5.74) is 1.74. The van der Waals surface area contributed by atoms with E-state index in [0.717, 1.165) is 36.0 Å². The summed E-state index contributed by atoms with van der Waals surface area (Å²) in [5, 5.41) is 12.3. The minimum Gasteiger partial charge on any atom is -0.384 e. The van der Waals surface area contributed by atoms with E-state index in [-0.39, 0.29) is 11.8 Å². The molecular weight excluding hydrogens is 346 g/mol. The molecule has 1 atom stereocenters. The summed E-state index contributed by atoms with van der Waals surface area (Å²) in [7, 11) is 1.65. The molecule has 0 unspecified atom stereocenters. The number of benzene rings is 1. The van der Waals surface area contributed by atoms with Crippen molar-refractivity contribution in [3.05, 3.63) is 41.7 Å². The molecule has 4 rings (SSSR count). The molecule has 142 valence electrons. The predicted octanol–water partition coefficient (Wildman–Crippen LogP) is 2.08. The molecule has 2 aromatic heterocycles. The molecule has 3 heterocycles. The Morgan fingerprint density at radius 2 is 2.30 bits per heavy atom. The zero-order valence-electron chi connectivity index (χ0n) is 15.4. The second-order valence-corrected chi connectivity index (χ2v) is 6.87. The zero-order valence-corrected chi connectivity index (χ0v) is 15.4. The van der Waals surface area contributed by atoms with E-state index in [9.17, 15) is 4.79 Å². The van der Waals surface area contributed by atoms with Gasteiger partial charge in [0.25, 0.3) is 0 Å². The molecule has 1 aliphatic rings. The minimum absolute atomic E-state index is 0.0880. The predicted molar refractivity (Wildman–Crippen MR) is 98.2 cm³/mol. The first kappa shape index (κ1) is 17.7. The van der Waals surface area contributed by atoms with E-state index in [1.165, 1.54) is 0 Å². The van der Waals surface area contributed by atoms with Crippen molar-refractivity contribution in [1.29, 1.82) is 0 Å². The Bertz CT molecular complexity index is 919. The maximum atomic E-state index is 12.8. The number of carbonyl (C=O) groups is 1. The fourth-order valence-electron chi connectivity index (χ4n) is 3.55. The van der Waals surface area contributed by atoms with E-state index < -0.39 is 0 Å². The van der Waals surface area contributed by atoms with Gasteiger partial charge in [0.05, 0.1) is 30.2 Å². The Kier molecular flexibility index (Phi) is 5.15. The van der Waals surface area contributed by atoms with Gasteiger partial charge in [-0.15, -0.1) is 0 Å². The second-order valence-electron chi connectivity index (χ2n) is 6.87. The van der Waals surface area contributed by atoms with Crippen LogP contribution in [-0.2, 0) is 22.4 Å². The molecule has 8 heteroatoms. The summed E-state index contributed by atoms with van der Waals surface area (Å²) in [6, 6.07) is 7.82. The fourth-order valence-corrected chi connectivity index (χ4v) is 3.55. The highest BCUT2D eigenvalue weighted by Crippen LogP contribution is 2.26. The van der Waals surface area contributed by atoms with E-state index in [1.807, 2.05) is 29.2 Å². The molecule has 3 aromatic rings. The number of fused-ring (bicyclic) bond motifs is 1. The van der Waals surface area contributed by atoms with Gasteiger partial charge in [-0.05, 0) is 18.9 Å². The Hall–Kier alpha value is -2.74. The lowest BCUT2D eigenvalue weighted by molar-refractivity contribution is -0.131. The van der Waals surface area contributed by atoms with Crippen molar-refractivity contribution in [3.8, 4) is 0 Å². The van der Waals surface area contributed by atoms with Crippen LogP contribution in [0.1, 0.15) is 36.2 Å². The van der Waals surface area contributed by atoms with Crippen LogP contribution in [0.4, 0.5) is 0 Å². The number of amides is 1. The van der Waals surface area contributed by atoms with Crippen LogP contribution in [0.5, 0.6) is 0 Å².